The molecule has 146 valence electrons. The van der Waals surface area contributed by atoms with Crippen LogP contribution in [0.1, 0.15) is 22.3 Å². The van der Waals surface area contributed by atoms with Crippen LogP contribution >= 0.6 is 11.3 Å². The molecule has 1 aromatic heterocycles. The van der Waals surface area contributed by atoms with Gasteiger partial charge in [0.05, 0.1) is 10.2 Å². The summed E-state index contributed by atoms with van der Waals surface area (Å²) in [6, 6.07) is 11.5. The number of carbonyl (C=O) groups is 1. The number of hydrogen-bond donors (Lipinski definition) is 0. The molecule has 4 rings (SSSR count). The fourth-order valence-corrected chi connectivity index (χ4v) is 4.21. The molecule has 28 heavy (non-hydrogen) atoms. The summed E-state index contributed by atoms with van der Waals surface area (Å²) in [7, 11) is 4.07. The molecular formula is C21H23N3O3S. The van der Waals surface area contributed by atoms with E-state index in [2.05, 4.69) is 4.90 Å². The smallest absolute Gasteiger partial charge is 0.260 e. The van der Waals surface area contributed by atoms with Gasteiger partial charge in [-0.2, -0.15) is 0 Å². The van der Waals surface area contributed by atoms with Gasteiger partial charge in [0, 0.05) is 24.2 Å². The Balaban J connectivity index is 1.69. The van der Waals surface area contributed by atoms with Gasteiger partial charge in [-0.15, -0.1) is 0 Å². The second-order valence-electron chi connectivity index (χ2n) is 7.10. The van der Waals surface area contributed by atoms with Crippen molar-refractivity contribution in [2.45, 2.75) is 13.3 Å². The quantitative estimate of drug-likeness (QED) is 0.631. The maximum atomic E-state index is 13.3. The highest BCUT2D eigenvalue weighted by atomic mass is 32.1. The normalized spacial score (nSPS) is 12.7. The SMILES string of the molecule is Cc1ccccc1C(=O)N(CCCN(C)C)c1nc2cc3c(cc2s1)OCO3. The number of anilines is 1. The van der Waals surface area contributed by atoms with E-state index in [9.17, 15) is 4.79 Å². The van der Waals surface area contributed by atoms with Gasteiger partial charge in [0.2, 0.25) is 6.79 Å². The second kappa shape index (κ2) is 7.77. The molecule has 1 amide bonds. The van der Waals surface area contributed by atoms with Crippen molar-refractivity contribution in [2.75, 3.05) is 38.9 Å². The van der Waals surface area contributed by atoms with Gasteiger partial charge in [-0.1, -0.05) is 29.5 Å². The van der Waals surface area contributed by atoms with Gasteiger partial charge in [-0.3, -0.25) is 9.69 Å². The van der Waals surface area contributed by atoms with Crippen LogP contribution in [-0.4, -0.2) is 49.8 Å². The van der Waals surface area contributed by atoms with Crippen molar-refractivity contribution >= 4 is 32.6 Å². The van der Waals surface area contributed by atoms with Gasteiger partial charge in [-0.25, -0.2) is 4.98 Å². The molecule has 1 aliphatic heterocycles. The summed E-state index contributed by atoms with van der Waals surface area (Å²) < 4.78 is 11.9. The molecule has 0 N–H and O–H groups in total. The predicted octanol–water partition coefficient (Wildman–Crippen LogP) is 3.93. The van der Waals surface area contributed by atoms with Crippen LogP contribution in [0.3, 0.4) is 0 Å². The average Bonchev–Trinajstić information content (AvgIpc) is 3.28. The zero-order chi connectivity index (χ0) is 19.7. The standard InChI is InChI=1S/C21H23N3O3S/c1-14-7-4-5-8-15(14)20(25)24(10-6-9-23(2)3)21-22-16-11-17-18(27-13-26-17)12-19(16)28-21/h4-5,7-8,11-12H,6,9-10,13H2,1-3H3. The third-order valence-electron chi connectivity index (χ3n) is 4.71. The Kier molecular flexibility index (Phi) is 5.19. The van der Waals surface area contributed by atoms with Crippen LogP contribution in [0.2, 0.25) is 0 Å². The molecule has 0 radical (unpaired) electrons. The summed E-state index contributed by atoms with van der Waals surface area (Å²) >= 11 is 1.50. The van der Waals surface area contributed by atoms with E-state index in [0.717, 1.165) is 34.5 Å². The number of nitrogens with zero attached hydrogens (tertiary/aromatic N) is 3. The number of thiazole rings is 1. The molecule has 1 aliphatic rings. The summed E-state index contributed by atoms with van der Waals surface area (Å²) in [4.78, 5) is 22.0. The van der Waals surface area contributed by atoms with Gasteiger partial charge in [0.1, 0.15) is 0 Å². The Morgan fingerprint density at radius 2 is 1.89 bits per heavy atom. The maximum absolute atomic E-state index is 13.3. The van der Waals surface area contributed by atoms with E-state index in [1.807, 2.05) is 57.4 Å². The Bertz CT molecular complexity index is 974. The molecule has 2 heterocycles. The van der Waals surface area contributed by atoms with Gasteiger partial charge in [0.15, 0.2) is 16.6 Å². The highest BCUT2D eigenvalue weighted by molar-refractivity contribution is 7.22. The Morgan fingerprint density at radius 3 is 2.64 bits per heavy atom. The summed E-state index contributed by atoms with van der Waals surface area (Å²) in [5, 5.41) is 0.700. The van der Waals surface area contributed by atoms with Crippen molar-refractivity contribution in [3.8, 4) is 11.5 Å². The minimum Gasteiger partial charge on any atom is -0.454 e. The van der Waals surface area contributed by atoms with Gasteiger partial charge in [0.25, 0.3) is 5.91 Å². The van der Waals surface area contributed by atoms with Crippen LogP contribution in [0.25, 0.3) is 10.2 Å². The number of rotatable bonds is 6. The van der Waals surface area contributed by atoms with Crippen molar-refractivity contribution in [1.29, 1.82) is 0 Å². The van der Waals surface area contributed by atoms with Gasteiger partial charge < -0.3 is 14.4 Å². The minimum atomic E-state index is -0.0176. The molecule has 6 nitrogen and oxygen atoms in total. The fraction of sp³-hybridized carbons (Fsp3) is 0.333. The fourth-order valence-electron chi connectivity index (χ4n) is 3.21. The van der Waals surface area contributed by atoms with Crippen molar-refractivity contribution < 1.29 is 14.3 Å². The molecule has 0 saturated heterocycles. The molecule has 2 aromatic carbocycles. The van der Waals surface area contributed by atoms with Crippen LogP contribution in [0.4, 0.5) is 5.13 Å². The van der Waals surface area contributed by atoms with Crippen molar-refractivity contribution in [1.82, 2.24) is 9.88 Å². The topological polar surface area (TPSA) is 54.9 Å². The predicted molar refractivity (Wildman–Crippen MR) is 112 cm³/mol. The number of amides is 1. The van der Waals surface area contributed by atoms with Crippen LogP contribution in [0.5, 0.6) is 11.5 Å². The maximum Gasteiger partial charge on any atom is 0.260 e. The van der Waals surface area contributed by atoms with E-state index < -0.39 is 0 Å². The number of benzene rings is 2. The number of hydrogen-bond acceptors (Lipinski definition) is 6. The molecule has 0 saturated carbocycles. The van der Waals surface area contributed by atoms with Gasteiger partial charge >= 0.3 is 0 Å². The highest BCUT2D eigenvalue weighted by Gasteiger charge is 2.24. The van der Waals surface area contributed by atoms with Crippen LogP contribution in [0, 0.1) is 6.92 Å². The third-order valence-corrected chi connectivity index (χ3v) is 5.75. The highest BCUT2D eigenvalue weighted by Crippen LogP contribution is 2.40. The molecule has 0 bridgehead atoms. The lowest BCUT2D eigenvalue weighted by molar-refractivity contribution is 0.0985. The first-order valence-corrected chi connectivity index (χ1v) is 10.1. The van der Waals surface area contributed by atoms with E-state index in [0.29, 0.717) is 23.0 Å². The monoisotopic (exact) mass is 397 g/mol. The zero-order valence-electron chi connectivity index (χ0n) is 16.3. The van der Waals surface area contributed by atoms with Crippen molar-refractivity contribution in [2.24, 2.45) is 0 Å². The molecule has 0 atom stereocenters. The number of fused-ring (bicyclic) bond motifs is 2. The average molecular weight is 398 g/mol. The lowest BCUT2D eigenvalue weighted by atomic mass is 10.1. The molecule has 3 aromatic rings. The molecule has 0 fully saturated rings. The van der Waals surface area contributed by atoms with Crippen LogP contribution in [-0.2, 0) is 0 Å². The van der Waals surface area contributed by atoms with Gasteiger partial charge in [-0.05, 0) is 45.6 Å². The first-order valence-electron chi connectivity index (χ1n) is 9.25. The summed E-state index contributed by atoms with van der Waals surface area (Å²) in [6.45, 7) is 3.71. The number of carbonyl (C=O) groups excluding carboxylic acids is 1. The molecular weight excluding hydrogens is 374 g/mol. The molecule has 0 spiro atoms. The minimum absolute atomic E-state index is 0.0176. The summed E-state index contributed by atoms with van der Waals surface area (Å²) in [5.74, 6) is 1.41. The largest absolute Gasteiger partial charge is 0.454 e. The van der Waals surface area contributed by atoms with Crippen molar-refractivity contribution in [3.05, 3.63) is 47.5 Å². The lowest BCUT2D eigenvalue weighted by Crippen LogP contribution is -2.33. The zero-order valence-corrected chi connectivity index (χ0v) is 17.1. The summed E-state index contributed by atoms with van der Waals surface area (Å²) in [6.07, 6.45) is 0.864. The van der Waals surface area contributed by atoms with E-state index in [4.69, 9.17) is 14.5 Å². The van der Waals surface area contributed by atoms with E-state index in [-0.39, 0.29) is 12.7 Å². The Hall–Kier alpha value is -2.64. The van der Waals surface area contributed by atoms with Crippen LogP contribution < -0.4 is 14.4 Å². The van der Waals surface area contributed by atoms with Crippen molar-refractivity contribution in [3.63, 3.8) is 0 Å². The molecule has 0 unspecified atom stereocenters. The number of ether oxygens (including phenoxy) is 2. The first-order chi connectivity index (χ1) is 13.5. The molecule has 7 heteroatoms. The summed E-state index contributed by atoms with van der Waals surface area (Å²) in [5.41, 5.74) is 2.49. The van der Waals surface area contributed by atoms with E-state index in [1.54, 1.807) is 4.90 Å². The number of aryl methyl sites for hydroxylation is 1. The van der Waals surface area contributed by atoms with E-state index in [1.165, 1.54) is 11.3 Å². The Morgan fingerprint density at radius 1 is 1.14 bits per heavy atom. The first kappa shape index (κ1) is 18.7. The lowest BCUT2D eigenvalue weighted by Gasteiger charge is -2.21. The van der Waals surface area contributed by atoms with E-state index >= 15 is 0 Å². The van der Waals surface area contributed by atoms with Crippen LogP contribution in [0.15, 0.2) is 36.4 Å². The molecule has 0 aliphatic carbocycles. The Labute approximate surface area is 168 Å². The number of aromatic nitrogens is 1. The third kappa shape index (κ3) is 3.68. The second-order valence-corrected chi connectivity index (χ2v) is 8.11.